The van der Waals surface area contributed by atoms with Crippen molar-refractivity contribution < 1.29 is 0 Å². The van der Waals surface area contributed by atoms with E-state index in [0.29, 0.717) is 5.82 Å². The highest BCUT2D eigenvalue weighted by Crippen LogP contribution is 2.18. The maximum atomic E-state index is 5.48. The van der Waals surface area contributed by atoms with Crippen LogP contribution in [0, 0.1) is 0 Å². The molecule has 1 aliphatic heterocycles. The lowest BCUT2D eigenvalue weighted by Gasteiger charge is -2.23. The van der Waals surface area contributed by atoms with Crippen LogP contribution in [0.15, 0.2) is 24.0 Å². The summed E-state index contributed by atoms with van der Waals surface area (Å²) in [6.07, 6.45) is 5.73. The van der Waals surface area contributed by atoms with Crippen LogP contribution in [0.4, 0.5) is 0 Å². The van der Waals surface area contributed by atoms with Gasteiger partial charge in [0, 0.05) is 0 Å². The second-order valence-corrected chi connectivity index (χ2v) is 3.83. The van der Waals surface area contributed by atoms with E-state index in [1.165, 1.54) is 0 Å². The number of rotatable bonds is 0. The van der Waals surface area contributed by atoms with Crippen LogP contribution in [-0.2, 0) is 0 Å². The van der Waals surface area contributed by atoms with E-state index >= 15 is 0 Å². The third-order valence-electron chi connectivity index (χ3n) is 1.07. The van der Waals surface area contributed by atoms with Crippen molar-refractivity contribution in [2.75, 3.05) is 0 Å². The molecule has 1 heterocycles. The third-order valence-corrected chi connectivity index (χ3v) is 1.54. The van der Waals surface area contributed by atoms with Crippen LogP contribution < -0.4 is 11.1 Å². The van der Waals surface area contributed by atoms with Gasteiger partial charge in [-0.2, -0.15) is 0 Å². The van der Waals surface area contributed by atoms with E-state index in [-0.39, 0.29) is 4.45 Å². The van der Waals surface area contributed by atoms with Crippen LogP contribution in [0.3, 0.4) is 0 Å². The predicted molar refractivity (Wildman–Crippen MR) is 41.9 cm³/mol. The monoisotopic (exact) mass is 188 g/mol. The topological polar surface area (TPSA) is 38.0 Å². The normalized spacial score (nSPS) is 33.3. The molecule has 1 rings (SSSR count). The first-order valence-corrected chi connectivity index (χ1v) is 3.51. The average molecular weight is 189 g/mol. The molecule has 0 fully saturated rings. The molecule has 0 radical (unpaired) electrons. The van der Waals surface area contributed by atoms with Gasteiger partial charge in [-0.1, -0.05) is 22.0 Å². The fourth-order valence-corrected chi connectivity index (χ4v) is 1.08. The maximum Gasteiger partial charge on any atom is 0.110 e. The smallest absolute Gasteiger partial charge is 0.110 e. The van der Waals surface area contributed by atoms with Crippen molar-refractivity contribution in [3.05, 3.63) is 24.0 Å². The lowest BCUT2D eigenvalue weighted by atomic mass is 10.2. The molecule has 0 aromatic carbocycles. The molecule has 50 valence electrons. The lowest BCUT2D eigenvalue weighted by Crippen LogP contribution is -2.37. The van der Waals surface area contributed by atoms with Gasteiger partial charge < -0.3 is 11.1 Å². The van der Waals surface area contributed by atoms with E-state index in [4.69, 9.17) is 5.73 Å². The van der Waals surface area contributed by atoms with Crippen molar-refractivity contribution in [1.82, 2.24) is 5.32 Å². The van der Waals surface area contributed by atoms with Crippen molar-refractivity contribution in [3.8, 4) is 0 Å². The summed E-state index contributed by atoms with van der Waals surface area (Å²) in [5.41, 5.74) is 5.48. The minimum absolute atomic E-state index is 0.161. The molecule has 0 spiro atoms. The number of allylic oxidation sites excluding steroid dienone is 2. The van der Waals surface area contributed by atoms with Gasteiger partial charge in [-0.3, -0.25) is 0 Å². The molecule has 1 aliphatic rings. The summed E-state index contributed by atoms with van der Waals surface area (Å²) in [6.45, 7) is 1.99. The first kappa shape index (κ1) is 6.68. The second-order valence-electron chi connectivity index (χ2n) is 2.18. The molecule has 3 N–H and O–H groups in total. The Morgan fingerprint density at radius 2 is 2.44 bits per heavy atom. The molecule has 0 aliphatic carbocycles. The molecule has 9 heavy (non-hydrogen) atoms. The van der Waals surface area contributed by atoms with Gasteiger partial charge in [-0.05, 0) is 19.1 Å². The van der Waals surface area contributed by atoms with E-state index in [0.717, 1.165) is 0 Å². The summed E-state index contributed by atoms with van der Waals surface area (Å²) in [4.78, 5) is 0. The summed E-state index contributed by atoms with van der Waals surface area (Å²) < 4.78 is -0.161. The predicted octanol–water partition coefficient (Wildman–Crippen LogP) is 1.06. The van der Waals surface area contributed by atoms with Gasteiger partial charge in [0.25, 0.3) is 0 Å². The van der Waals surface area contributed by atoms with E-state index in [9.17, 15) is 0 Å². The number of nitrogens with two attached hydrogens (primary N) is 1. The van der Waals surface area contributed by atoms with Crippen LogP contribution in [0.5, 0.6) is 0 Å². The molecule has 0 amide bonds. The Hall–Kier alpha value is -0.440. The summed E-state index contributed by atoms with van der Waals surface area (Å²) in [7, 11) is 0. The number of nitrogens with one attached hydrogen (secondary N) is 1. The van der Waals surface area contributed by atoms with Crippen molar-refractivity contribution in [2.24, 2.45) is 5.73 Å². The Morgan fingerprint density at radius 1 is 1.78 bits per heavy atom. The molecule has 3 heteroatoms. The van der Waals surface area contributed by atoms with Gasteiger partial charge in [-0.25, -0.2) is 0 Å². The fraction of sp³-hybridized carbons (Fsp3) is 0.333. The Morgan fingerprint density at radius 3 is 2.78 bits per heavy atom. The minimum Gasteiger partial charge on any atom is -0.386 e. The Bertz CT molecular complexity index is 170. The van der Waals surface area contributed by atoms with Crippen LogP contribution in [-0.4, -0.2) is 4.45 Å². The zero-order valence-electron chi connectivity index (χ0n) is 5.19. The second kappa shape index (κ2) is 2.06. The first-order valence-electron chi connectivity index (χ1n) is 2.72. The highest BCUT2D eigenvalue weighted by molar-refractivity contribution is 9.10. The molecule has 1 unspecified atom stereocenters. The first-order chi connectivity index (χ1) is 4.10. The molecule has 0 bridgehead atoms. The lowest BCUT2D eigenvalue weighted by molar-refractivity contribution is 0.670. The molecule has 0 saturated heterocycles. The molecule has 2 nitrogen and oxygen atoms in total. The number of halogens is 1. The van der Waals surface area contributed by atoms with Gasteiger partial charge in [0.1, 0.15) is 4.45 Å². The summed E-state index contributed by atoms with van der Waals surface area (Å²) in [5, 5.41) is 3.02. The number of hydrogen-bond donors (Lipinski definition) is 2. The minimum atomic E-state index is -0.161. The maximum absolute atomic E-state index is 5.48. The van der Waals surface area contributed by atoms with Crippen molar-refractivity contribution in [1.29, 1.82) is 0 Å². The van der Waals surface area contributed by atoms with Gasteiger partial charge in [0.05, 0.1) is 5.82 Å². The van der Waals surface area contributed by atoms with Crippen molar-refractivity contribution in [3.63, 3.8) is 0 Å². The molecular formula is C6H9BrN2. The van der Waals surface area contributed by atoms with Gasteiger partial charge in [0.2, 0.25) is 0 Å². The Balaban J connectivity index is 2.73. The van der Waals surface area contributed by atoms with E-state index in [2.05, 4.69) is 21.2 Å². The molecular weight excluding hydrogens is 180 g/mol. The number of hydrogen-bond acceptors (Lipinski definition) is 2. The standard InChI is InChI=1S/C6H9BrN2/c1-6(7)4-2-3-5(8)9-6/h2-4,9H,8H2,1H3. The Labute approximate surface area is 62.9 Å². The number of dihydropyridines is 1. The average Bonchev–Trinajstić information content (AvgIpc) is 1.60. The molecule has 1 atom stereocenters. The molecule has 0 aromatic heterocycles. The molecule has 0 saturated carbocycles. The van der Waals surface area contributed by atoms with E-state index in [1.54, 1.807) is 0 Å². The SMILES string of the molecule is CC1(Br)C=CC=C(N)N1. The zero-order chi connectivity index (χ0) is 6.91. The highest BCUT2D eigenvalue weighted by atomic mass is 79.9. The van der Waals surface area contributed by atoms with Gasteiger partial charge >= 0.3 is 0 Å². The largest absolute Gasteiger partial charge is 0.386 e. The molecule has 0 aromatic rings. The van der Waals surface area contributed by atoms with E-state index < -0.39 is 0 Å². The highest BCUT2D eigenvalue weighted by Gasteiger charge is 2.16. The summed E-state index contributed by atoms with van der Waals surface area (Å²) in [5.74, 6) is 0.692. The van der Waals surface area contributed by atoms with Crippen LogP contribution in [0.1, 0.15) is 6.92 Å². The van der Waals surface area contributed by atoms with Gasteiger partial charge in [-0.15, -0.1) is 0 Å². The van der Waals surface area contributed by atoms with Crippen LogP contribution >= 0.6 is 15.9 Å². The van der Waals surface area contributed by atoms with Crippen LogP contribution in [0.2, 0.25) is 0 Å². The fourth-order valence-electron chi connectivity index (χ4n) is 0.698. The summed E-state index contributed by atoms with van der Waals surface area (Å²) >= 11 is 3.41. The van der Waals surface area contributed by atoms with E-state index in [1.807, 2.05) is 25.2 Å². The number of alkyl halides is 1. The van der Waals surface area contributed by atoms with Crippen LogP contribution in [0.25, 0.3) is 0 Å². The zero-order valence-corrected chi connectivity index (χ0v) is 6.77. The van der Waals surface area contributed by atoms with Crippen molar-refractivity contribution >= 4 is 15.9 Å². The quantitative estimate of drug-likeness (QED) is 0.441. The summed E-state index contributed by atoms with van der Waals surface area (Å²) in [6, 6.07) is 0. The third kappa shape index (κ3) is 1.75. The Kier molecular flexibility index (Phi) is 1.53. The van der Waals surface area contributed by atoms with Gasteiger partial charge in [0.15, 0.2) is 0 Å². The van der Waals surface area contributed by atoms with Crippen molar-refractivity contribution in [2.45, 2.75) is 11.4 Å².